The van der Waals surface area contributed by atoms with Crippen LogP contribution in [-0.4, -0.2) is 38.5 Å². The van der Waals surface area contributed by atoms with E-state index in [9.17, 15) is 0 Å². The highest BCUT2D eigenvalue weighted by molar-refractivity contribution is 4.71. The largest absolute Gasteiger partial charge is 0.379 e. The maximum absolute atomic E-state index is 5.68. The van der Waals surface area contributed by atoms with Gasteiger partial charge in [-0.2, -0.15) is 0 Å². The predicted octanol–water partition coefficient (Wildman–Crippen LogP) is 2.13. The zero-order valence-corrected chi connectivity index (χ0v) is 10.4. The Balaban J connectivity index is 1.85. The average molecular weight is 227 g/mol. The van der Waals surface area contributed by atoms with Crippen LogP contribution in [0.25, 0.3) is 0 Å². The van der Waals surface area contributed by atoms with Crippen LogP contribution in [0.2, 0.25) is 0 Å². The minimum absolute atomic E-state index is 0.346. The highest BCUT2D eigenvalue weighted by Gasteiger charge is 2.15. The number of ether oxygens (including phenoxy) is 2. The second-order valence-corrected chi connectivity index (χ2v) is 4.43. The Morgan fingerprint density at radius 3 is 3.19 bits per heavy atom. The lowest BCUT2D eigenvalue weighted by atomic mass is 10.2. The van der Waals surface area contributed by atoms with Gasteiger partial charge in [0.2, 0.25) is 0 Å². The molecule has 1 rings (SSSR count). The summed E-state index contributed by atoms with van der Waals surface area (Å²) in [4.78, 5) is 0. The van der Waals surface area contributed by atoms with Crippen LogP contribution in [0.15, 0.2) is 12.7 Å². The molecule has 2 atom stereocenters. The monoisotopic (exact) mass is 227 g/mol. The molecular formula is C13H25NO2. The van der Waals surface area contributed by atoms with Gasteiger partial charge >= 0.3 is 0 Å². The van der Waals surface area contributed by atoms with Crippen molar-refractivity contribution in [1.29, 1.82) is 0 Å². The van der Waals surface area contributed by atoms with Crippen molar-refractivity contribution in [2.45, 2.75) is 44.8 Å². The van der Waals surface area contributed by atoms with Gasteiger partial charge in [-0.15, -0.1) is 6.58 Å². The van der Waals surface area contributed by atoms with Crippen LogP contribution in [0.1, 0.15) is 32.6 Å². The molecule has 0 bridgehead atoms. The van der Waals surface area contributed by atoms with E-state index in [0.29, 0.717) is 12.1 Å². The fourth-order valence-electron chi connectivity index (χ4n) is 1.78. The zero-order chi connectivity index (χ0) is 11.6. The minimum atomic E-state index is 0.346. The Bertz CT molecular complexity index is 179. The summed E-state index contributed by atoms with van der Waals surface area (Å²) < 4.78 is 10.9. The molecule has 1 aliphatic heterocycles. The first kappa shape index (κ1) is 13.7. The molecule has 16 heavy (non-hydrogen) atoms. The lowest BCUT2D eigenvalue weighted by Gasteiger charge is -2.13. The number of hydrogen-bond donors (Lipinski definition) is 1. The van der Waals surface area contributed by atoms with Crippen LogP contribution < -0.4 is 5.32 Å². The van der Waals surface area contributed by atoms with Gasteiger partial charge in [0.15, 0.2) is 0 Å². The zero-order valence-electron chi connectivity index (χ0n) is 10.4. The number of hydrogen-bond acceptors (Lipinski definition) is 3. The Labute approximate surface area is 99.2 Å². The summed E-state index contributed by atoms with van der Waals surface area (Å²) in [5.41, 5.74) is 0. The van der Waals surface area contributed by atoms with Gasteiger partial charge < -0.3 is 14.8 Å². The Morgan fingerprint density at radius 2 is 2.50 bits per heavy atom. The van der Waals surface area contributed by atoms with Gasteiger partial charge in [-0.3, -0.25) is 0 Å². The molecule has 1 fully saturated rings. The van der Waals surface area contributed by atoms with E-state index >= 15 is 0 Å². The van der Waals surface area contributed by atoms with Gasteiger partial charge in [0.05, 0.1) is 12.7 Å². The summed E-state index contributed by atoms with van der Waals surface area (Å²) in [6.07, 6.45) is 6.71. The van der Waals surface area contributed by atoms with Gasteiger partial charge in [0.1, 0.15) is 0 Å². The third-order valence-electron chi connectivity index (χ3n) is 2.86. The van der Waals surface area contributed by atoms with E-state index in [1.807, 2.05) is 6.08 Å². The van der Waals surface area contributed by atoms with E-state index in [1.165, 1.54) is 6.42 Å². The average Bonchev–Trinajstić information content (AvgIpc) is 2.79. The van der Waals surface area contributed by atoms with Crippen molar-refractivity contribution in [3.8, 4) is 0 Å². The molecule has 3 nitrogen and oxygen atoms in total. The number of rotatable bonds is 9. The molecule has 2 unspecified atom stereocenters. The van der Waals surface area contributed by atoms with Crippen LogP contribution in [-0.2, 0) is 9.47 Å². The van der Waals surface area contributed by atoms with Gasteiger partial charge in [-0.1, -0.05) is 6.08 Å². The molecular weight excluding hydrogens is 202 g/mol. The summed E-state index contributed by atoms with van der Waals surface area (Å²) in [6.45, 7) is 9.46. The van der Waals surface area contributed by atoms with Crippen LogP contribution in [0.4, 0.5) is 0 Å². The minimum Gasteiger partial charge on any atom is -0.379 e. The van der Waals surface area contributed by atoms with Crippen molar-refractivity contribution in [2.24, 2.45) is 0 Å². The summed E-state index contributed by atoms with van der Waals surface area (Å²) in [5.74, 6) is 0. The molecule has 0 aliphatic carbocycles. The van der Waals surface area contributed by atoms with E-state index in [4.69, 9.17) is 9.47 Å². The lowest BCUT2D eigenvalue weighted by Crippen LogP contribution is -2.28. The highest BCUT2D eigenvalue weighted by Crippen LogP contribution is 2.07. The first-order valence-electron chi connectivity index (χ1n) is 6.36. The van der Waals surface area contributed by atoms with Gasteiger partial charge in [0, 0.05) is 19.3 Å². The second kappa shape index (κ2) is 8.74. The maximum Gasteiger partial charge on any atom is 0.0830 e. The van der Waals surface area contributed by atoms with E-state index in [1.54, 1.807) is 0 Å². The molecule has 3 heteroatoms. The normalized spacial score (nSPS) is 22.2. The van der Waals surface area contributed by atoms with Crippen LogP contribution in [0.3, 0.4) is 0 Å². The molecule has 0 amide bonds. The Morgan fingerprint density at radius 1 is 1.62 bits per heavy atom. The summed E-state index contributed by atoms with van der Waals surface area (Å²) in [5, 5.41) is 3.48. The number of allylic oxidation sites excluding steroid dienone is 1. The van der Waals surface area contributed by atoms with E-state index < -0.39 is 0 Å². The maximum atomic E-state index is 5.68. The van der Waals surface area contributed by atoms with E-state index in [-0.39, 0.29) is 0 Å². The van der Waals surface area contributed by atoms with E-state index in [0.717, 1.165) is 45.6 Å². The Hall–Kier alpha value is -0.380. The highest BCUT2D eigenvalue weighted by atomic mass is 16.5. The van der Waals surface area contributed by atoms with Crippen molar-refractivity contribution in [2.75, 3.05) is 26.4 Å². The summed E-state index contributed by atoms with van der Waals surface area (Å²) in [6, 6.07) is 0.577. The number of nitrogens with one attached hydrogen (secondary N) is 1. The van der Waals surface area contributed by atoms with Gasteiger partial charge in [0.25, 0.3) is 0 Å². The Kier molecular flexibility index (Phi) is 7.47. The molecule has 0 radical (unpaired) electrons. The standard InChI is InChI=1S/C13H25NO2/c1-3-4-6-12(2)14-8-5-9-16-13-7-10-15-11-13/h3,12-14H,1,4-11H2,2H3. The molecule has 0 aromatic heterocycles. The molecule has 1 saturated heterocycles. The first-order chi connectivity index (χ1) is 7.83. The molecule has 0 aromatic rings. The SMILES string of the molecule is C=CCCC(C)NCCCOC1CCOC1. The van der Waals surface area contributed by atoms with Crippen LogP contribution in [0.5, 0.6) is 0 Å². The molecule has 1 N–H and O–H groups in total. The molecule has 94 valence electrons. The van der Waals surface area contributed by atoms with Gasteiger partial charge in [-0.25, -0.2) is 0 Å². The summed E-state index contributed by atoms with van der Waals surface area (Å²) in [7, 11) is 0. The van der Waals surface area contributed by atoms with Gasteiger partial charge in [-0.05, 0) is 39.2 Å². The van der Waals surface area contributed by atoms with Crippen molar-refractivity contribution in [3.05, 3.63) is 12.7 Å². The van der Waals surface area contributed by atoms with Crippen molar-refractivity contribution < 1.29 is 9.47 Å². The summed E-state index contributed by atoms with van der Waals surface area (Å²) >= 11 is 0. The quantitative estimate of drug-likeness (QED) is 0.483. The molecule has 0 aromatic carbocycles. The molecule has 1 heterocycles. The van der Waals surface area contributed by atoms with Crippen molar-refractivity contribution in [3.63, 3.8) is 0 Å². The lowest BCUT2D eigenvalue weighted by molar-refractivity contribution is 0.0414. The fourth-order valence-corrected chi connectivity index (χ4v) is 1.78. The molecule has 0 saturated carbocycles. The molecule has 1 aliphatic rings. The third-order valence-corrected chi connectivity index (χ3v) is 2.86. The van der Waals surface area contributed by atoms with Crippen LogP contribution >= 0.6 is 0 Å². The van der Waals surface area contributed by atoms with Crippen molar-refractivity contribution >= 4 is 0 Å². The fraction of sp³-hybridized carbons (Fsp3) is 0.846. The third kappa shape index (κ3) is 6.26. The topological polar surface area (TPSA) is 30.5 Å². The molecule has 0 spiro atoms. The van der Waals surface area contributed by atoms with E-state index in [2.05, 4.69) is 18.8 Å². The smallest absolute Gasteiger partial charge is 0.0830 e. The van der Waals surface area contributed by atoms with Crippen LogP contribution in [0, 0.1) is 0 Å². The van der Waals surface area contributed by atoms with Crippen molar-refractivity contribution in [1.82, 2.24) is 5.32 Å². The second-order valence-electron chi connectivity index (χ2n) is 4.43. The first-order valence-corrected chi connectivity index (χ1v) is 6.36. The predicted molar refractivity (Wildman–Crippen MR) is 66.7 cm³/mol.